The summed E-state index contributed by atoms with van der Waals surface area (Å²) in [5, 5.41) is 4.01. The first kappa shape index (κ1) is 15.9. The fraction of sp³-hybridized carbons (Fsp3) is 0.263. The first-order valence-corrected chi connectivity index (χ1v) is 8.28. The summed E-state index contributed by atoms with van der Waals surface area (Å²) in [6.07, 6.45) is 0.814. The summed E-state index contributed by atoms with van der Waals surface area (Å²) in [6, 6.07) is 12.6. The molecule has 0 amide bonds. The summed E-state index contributed by atoms with van der Waals surface area (Å²) in [7, 11) is 0. The zero-order chi connectivity index (χ0) is 17.4. The van der Waals surface area contributed by atoms with E-state index < -0.39 is 0 Å². The highest BCUT2D eigenvalue weighted by Gasteiger charge is 2.31. The Balaban J connectivity index is 1.51. The molecular formula is C19H19FN4O. The number of nitrogens with zero attached hydrogens (tertiary/aromatic N) is 2. The zero-order valence-corrected chi connectivity index (χ0v) is 14.1. The number of rotatable bonds is 3. The van der Waals surface area contributed by atoms with Gasteiger partial charge in [-0.25, -0.2) is 15.2 Å². The summed E-state index contributed by atoms with van der Waals surface area (Å²) >= 11 is 0. The van der Waals surface area contributed by atoms with Crippen LogP contribution in [0.25, 0.3) is 11.4 Å². The molecule has 0 spiro atoms. The molecule has 0 saturated carbocycles. The lowest BCUT2D eigenvalue weighted by Crippen LogP contribution is -2.27. The minimum Gasteiger partial charge on any atom is -0.337 e. The number of hydrazine groups is 1. The molecule has 128 valence electrons. The number of benzene rings is 2. The molecule has 2 unspecified atom stereocenters. The van der Waals surface area contributed by atoms with Crippen molar-refractivity contribution in [2.24, 2.45) is 0 Å². The van der Waals surface area contributed by atoms with Gasteiger partial charge in [-0.3, -0.25) is 0 Å². The molecule has 2 atom stereocenters. The molecule has 3 aromatic rings. The largest absolute Gasteiger partial charge is 0.337 e. The summed E-state index contributed by atoms with van der Waals surface area (Å²) < 4.78 is 18.4. The maximum atomic E-state index is 13.0. The maximum Gasteiger partial charge on any atom is 0.245 e. The average molecular weight is 338 g/mol. The van der Waals surface area contributed by atoms with Gasteiger partial charge in [0.2, 0.25) is 11.7 Å². The molecule has 5 nitrogen and oxygen atoms in total. The Labute approximate surface area is 145 Å². The zero-order valence-electron chi connectivity index (χ0n) is 14.1. The maximum absolute atomic E-state index is 13.0. The van der Waals surface area contributed by atoms with Crippen LogP contribution < -0.4 is 10.9 Å². The molecule has 1 saturated heterocycles. The Kier molecular flexibility index (Phi) is 4.07. The fourth-order valence-electron chi connectivity index (χ4n) is 3.23. The van der Waals surface area contributed by atoms with Crippen LogP contribution in [0.1, 0.15) is 41.1 Å². The van der Waals surface area contributed by atoms with Crippen molar-refractivity contribution in [3.63, 3.8) is 0 Å². The van der Waals surface area contributed by atoms with Crippen LogP contribution in [-0.4, -0.2) is 10.1 Å². The van der Waals surface area contributed by atoms with Crippen molar-refractivity contribution in [3.8, 4) is 11.4 Å². The molecule has 1 fully saturated rings. The number of aromatic nitrogens is 2. The van der Waals surface area contributed by atoms with Crippen molar-refractivity contribution in [2.75, 3.05) is 0 Å². The average Bonchev–Trinajstić information content (AvgIpc) is 3.24. The van der Waals surface area contributed by atoms with Crippen LogP contribution in [0.2, 0.25) is 0 Å². The second kappa shape index (κ2) is 6.38. The molecule has 2 N–H and O–H groups in total. The van der Waals surface area contributed by atoms with Gasteiger partial charge in [0.25, 0.3) is 0 Å². The van der Waals surface area contributed by atoms with Gasteiger partial charge in [0.1, 0.15) is 11.9 Å². The molecule has 0 aliphatic carbocycles. The quantitative estimate of drug-likeness (QED) is 0.761. The predicted molar refractivity (Wildman–Crippen MR) is 92.0 cm³/mol. The predicted octanol–water partition coefficient (Wildman–Crippen LogP) is 3.77. The molecule has 1 aliphatic heterocycles. The van der Waals surface area contributed by atoms with Crippen molar-refractivity contribution in [1.29, 1.82) is 0 Å². The van der Waals surface area contributed by atoms with Gasteiger partial charge in [-0.2, -0.15) is 4.98 Å². The van der Waals surface area contributed by atoms with Gasteiger partial charge in [0.05, 0.1) is 0 Å². The van der Waals surface area contributed by atoms with E-state index in [9.17, 15) is 4.39 Å². The normalized spacial score (nSPS) is 20.1. The first-order chi connectivity index (χ1) is 12.1. The monoisotopic (exact) mass is 338 g/mol. The lowest BCUT2D eigenvalue weighted by molar-refractivity contribution is 0.340. The SMILES string of the molecule is Cc1ccc(C2CC(c3nc(-c4ccc(F)cc4)no3)NN2)c(C)c1. The summed E-state index contributed by atoms with van der Waals surface area (Å²) in [5.74, 6) is 0.705. The fourth-order valence-corrected chi connectivity index (χ4v) is 3.23. The minimum absolute atomic E-state index is 0.0626. The topological polar surface area (TPSA) is 63.0 Å². The van der Waals surface area contributed by atoms with Crippen molar-refractivity contribution in [3.05, 3.63) is 70.9 Å². The number of hydrogen-bond acceptors (Lipinski definition) is 5. The molecule has 4 rings (SSSR count). The molecule has 2 heterocycles. The van der Waals surface area contributed by atoms with Crippen LogP contribution in [0.3, 0.4) is 0 Å². The second-order valence-corrected chi connectivity index (χ2v) is 6.45. The standard InChI is InChI=1S/C19H19FN4O/c1-11-3-8-15(12(2)9-11)16-10-17(23-22-16)19-21-18(24-25-19)13-4-6-14(20)7-5-13/h3-9,16-17,22-23H,10H2,1-2H3. The van der Waals surface area contributed by atoms with E-state index in [0.717, 1.165) is 12.0 Å². The molecule has 0 bridgehead atoms. The molecule has 1 aliphatic rings. The molecule has 6 heteroatoms. The van der Waals surface area contributed by atoms with E-state index in [0.29, 0.717) is 11.7 Å². The summed E-state index contributed by atoms with van der Waals surface area (Å²) in [4.78, 5) is 4.45. The van der Waals surface area contributed by atoms with Crippen molar-refractivity contribution < 1.29 is 8.91 Å². The van der Waals surface area contributed by atoms with Gasteiger partial charge < -0.3 is 4.52 Å². The lowest BCUT2D eigenvalue weighted by atomic mass is 9.96. The van der Waals surface area contributed by atoms with E-state index in [-0.39, 0.29) is 17.9 Å². The van der Waals surface area contributed by atoms with Crippen LogP contribution in [0.4, 0.5) is 4.39 Å². The Morgan fingerprint density at radius 1 is 1.04 bits per heavy atom. The Morgan fingerprint density at radius 3 is 2.56 bits per heavy atom. The lowest BCUT2D eigenvalue weighted by Gasteiger charge is -2.13. The van der Waals surface area contributed by atoms with E-state index in [1.165, 1.54) is 28.8 Å². The highest BCUT2D eigenvalue weighted by Crippen LogP contribution is 2.32. The summed E-state index contributed by atoms with van der Waals surface area (Å²) in [6.45, 7) is 4.21. The van der Waals surface area contributed by atoms with E-state index in [1.54, 1.807) is 12.1 Å². The minimum atomic E-state index is -0.287. The Bertz CT molecular complexity index is 891. The van der Waals surface area contributed by atoms with E-state index >= 15 is 0 Å². The smallest absolute Gasteiger partial charge is 0.245 e. The van der Waals surface area contributed by atoms with Crippen LogP contribution in [-0.2, 0) is 0 Å². The van der Waals surface area contributed by atoms with E-state index in [1.807, 2.05) is 0 Å². The number of hydrogen-bond donors (Lipinski definition) is 2. The van der Waals surface area contributed by atoms with Gasteiger partial charge in [-0.1, -0.05) is 28.9 Å². The van der Waals surface area contributed by atoms with Gasteiger partial charge in [-0.15, -0.1) is 0 Å². The number of nitrogens with one attached hydrogen (secondary N) is 2. The van der Waals surface area contributed by atoms with Crippen LogP contribution in [0, 0.1) is 19.7 Å². The van der Waals surface area contributed by atoms with Gasteiger partial charge >= 0.3 is 0 Å². The Morgan fingerprint density at radius 2 is 1.80 bits per heavy atom. The van der Waals surface area contributed by atoms with Crippen molar-refractivity contribution in [2.45, 2.75) is 32.4 Å². The molecular weight excluding hydrogens is 319 g/mol. The van der Waals surface area contributed by atoms with Gasteiger partial charge in [-0.05, 0) is 55.7 Å². The molecule has 0 radical (unpaired) electrons. The third-order valence-electron chi connectivity index (χ3n) is 4.55. The highest BCUT2D eigenvalue weighted by molar-refractivity contribution is 5.53. The first-order valence-electron chi connectivity index (χ1n) is 8.28. The summed E-state index contributed by atoms with van der Waals surface area (Å²) in [5.41, 5.74) is 11.1. The van der Waals surface area contributed by atoms with E-state index in [4.69, 9.17) is 4.52 Å². The highest BCUT2D eigenvalue weighted by atomic mass is 19.1. The third-order valence-corrected chi connectivity index (χ3v) is 4.55. The van der Waals surface area contributed by atoms with Crippen LogP contribution in [0.15, 0.2) is 47.0 Å². The molecule has 25 heavy (non-hydrogen) atoms. The van der Waals surface area contributed by atoms with Crippen LogP contribution in [0.5, 0.6) is 0 Å². The van der Waals surface area contributed by atoms with Gasteiger partial charge in [0, 0.05) is 11.6 Å². The molecule has 2 aromatic carbocycles. The van der Waals surface area contributed by atoms with Crippen LogP contribution >= 0.6 is 0 Å². The molecule has 1 aromatic heterocycles. The third kappa shape index (κ3) is 3.18. The van der Waals surface area contributed by atoms with Gasteiger partial charge in [0.15, 0.2) is 0 Å². The second-order valence-electron chi connectivity index (χ2n) is 6.45. The number of halogens is 1. The van der Waals surface area contributed by atoms with Crippen molar-refractivity contribution in [1.82, 2.24) is 21.0 Å². The Hall–Kier alpha value is -2.57. The van der Waals surface area contributed by atoms with Crippen molar-refractivity contribution >= 4 is 0 Å². The number of aryl methyl sites for hydroxylation is 2. The van der Waals surface area contributed by atoms with E-state index in [2.05, 4.69) is 53.0 Å².